The van der Waals surface area contributed by atoms with Crippen LogP contribution in [0.4, 0.5) is 5.69 Å². The van der Waals surface area contributed by atoms with E-state index in [0.717, 1.165) is 5.82 Å². The van der Waals surface area contributed by atoms with Gasteiger partial charge in [-0.3, -0.25) is 4.79 Å². The zero-order valence-electron chi connectivity index (χ0n) is 8.60. The fraction of sp³-hybridized carbons (Fsp3) is 0.0909. The second-order valence-electron chi connectivity index (χ2n) is 3.34. The van der Waals surface area contributed by atoms with Gasteiger partial charge in [0.05, 0.1) is 6.54 Å². The maximum atomic E-state index is 11.7. The van der Waals surface area contributed by atoms with Crippen molar-refractivity contribution in [2.45, 2.75) is 6.54 Å². The summed E-state index contributed by atoms with van der Waals surface area (Å²) in [7, 11) is 0. The number of imidazole rings is 1. The molecule has 2 rings (SSSR count). The lowest BCUT2D eigenvalue weighted by atomic mass is 10.2. The standard InChI is InChI=1S/C11H12N4O/c12-9-3-1-2-8(6-9)11(16)15-7-10-13-4-5-14-10/h1-6H,7,12H2,(H,13,14)(H,15,16). The van der Waals surface area contributed by atoms with E-state index in [9.17, 15) is 4.79 Å². The number of aromatic amines is 1. The topological polar surface area (TPSA) is 83.8 Å². The molecule has 0 bridgehead atoms. The number of hydrogen-bond acceptors (Lipinski definition) is 3. The van der Waals surface area contributed by atoms with Crippen LogP contribution in [-0.2, 0) is 6.54 Å². The van der Waals surface area contributed by atoms with Crippen molar-refractivity contribution in [1.29, 1.82) is 0 Å². The normalized spacial score (nSPS) is 10.0. The van der Waals surface area contributed by atoms with E-state index in [-0.39, 0.29) is 5.91 Å². The van der Waals surface area contributed by atoms with Gasteiger partial charge in [0, 0.05) is 23.6 Å². The molecular formula is C11H12N4O. The number of anilines is 1. The van der Waals surface area contributed by atoms with E-state index in [1.165, 1.54) is 0 Å². The Morgan fingerprint density at radius 2 is 2.38 bits per heavy atom. The van der Waals surface area contributed by atoms with Crippen molar-refractivity contribution >= 4 is 11.6 Å². The van der Waals surface area contributed by atoms with Gasteiger partial charge in [-0.1, -0.05) is 6.07 Å². The summed E-state index contributed by atoms with van der Waals surface area (Å²) < 4.78 is 0. The quantitative estimate of drug-likeness (QED) is 0.667. The molecule has 16 heavy (non-hydrogen) atoms. The van der Waals surface area contributed by atoms with E-state index in [1.807, 2.05) is 0 Å². The largest absolute Gasteiger partial charge is 0.399 e. The zero-order valence-corrected chi connectivity index (χ0v) is 8.60. The van der Waals surface area contributed by atoms with Crippen molar-refractivity contribution in [3.05, 3.63) is 48.0 Å². The fourth-order valence-electron chi connectivity index (χ4n) is 1.34. The Hall–Kier alpha value is -2.30. The van der Waals surface area contributed by atoms with Crippen LogP contribution < -0.4 is 11.1 Å². The number of benzene rings is 1. The van der Waals surface area contributed by atoms with E-state index >= 15 is 0 Å². The molecule has 0 saturated heterocycles. The highest BCUT2D eigenvalue weighted by Crippen LogP contribution is 2.06. The van der Waals surface area contributed by atoms with Crippen molar-refractivity contribution in [3.63, 3.8) is 0 Å². The Morgan fingerprint density at radius 1 is 1.50 bits per heavy atom. The summed E-state index contributed by atoms with van der Waals surface area (Å²) in [6.07, 6.45) is 3.35. The van der Waals surface area contributed by atoms with E-state index < -0.39 is 0 Å². The van der Waals surface area contributed by atoms with Crippen molar-refractivity contribution in [2.24, 2.45) is 0 Å². The zero-order chi connectivity index (χ0) is 11.4. The lowest BCUT2D eigenvalue weighted by Crippen LogP contribution is -2.23. The third-order valence-electron chi connectivity index (χ3n) is 2.12. The summed E-state index contributed by atoms with van der Waals surface area (Å²) in [4.78, 5) is 18.6. The number of nitrogens with one attached hydrogen (secondary N) is 2. The molecule has 0 aliphatic heterocycles. The molecule has 1 amide bonds. The van der Waals surface area contributed by atoms with Crippen molar-refractivity contribution in [2.75, 3.05) is 5.73 Å². The van der Waals surface area contributed by atoms with E-state index in [2.05, 4.69) is 15.3 Å². The smallest absolute Gasteiger partial charge is 0.251 e. The summed E-state index contributed by atoms with van der Waals surface area (Å²) in [5.74, 6) is 0.556. The molecule has 0 atom stereocenters. The molecular weight excluding hydrogens is 204 g/mol. The van der Waals surface area contributed by atoms with Crippen LogP contribution in [0, 0.1) is 0 Å². The summed E-state index contributed by atoms with van der Waals surface area (Å²) in [5, 5.41) is 2.74. The van der Waals surface area contributed by atoms with Crippen molar-refractivity contribution < 1.29 is 4.79 Å². The van der Waals surface area contributed by atoms with Crippen LogP contribution in [-0.4, -0.2) is 15.9 Å². The number of aromatic nitrogens is 2. The molecule has 0 saturated carbocycles. The summed E-state index contributed by atoms with van der Waals surface area (Å²) in [5.41, 5.74) is 6.71. The first-order valence-corrected chi connectivity index (χ1v) is 4.88. The molecule has 4 N–H and O–H groups in total. The number of nitrogens with two attached hydrogens (primary N) is 1. The predicted molar refractivity (Wildman–Crippen MR) is 60.6 cm³/mol. The molecule has 0 aliphatic carbocycles. The number of H-pyrrole nitrogens is 1. The second kappa shape index (κ2) is 4.48. The van der Waals surface area contributed by atoms with Crippen molar-refractivity contribution in [1.82, 2.24) is 15.3 Å². The van der Waals surface area contributed by atoms with E-state index in [4.69, 9.17) is 5.73 Å². The van der Waals surface area contributed by atoms with Crippen molar-refractivity contribution in [3.8, 4) is 0 Å². The molecule has 2 aromatic rings. The lowest BCUT2D eigenvalue weighted by Gasteiger charge is -2.03. The Labute approximate surface area is 92.7 Å². The van der Waals surface area contributed by atoms with E-state index in [0.29, 0.717) is 17.8 Å². The minimum absolute atomic E-state index is 0.163. The molecule has 0 aliphatic rings. The first-order valence-electron chi connectivity index (χ1n) is 4.88. The first kappa shape index (κ1) is 10.2. The van der Waals surface area contributed by atoms with Crippen LogP contribution in [0.2, 0.25) is 0 Å². The van der Waals surface area contributed by atoms with Gasteiger partial charge in [0.2, 0.25) is 0 Å². The highest BCUT2D eigenvalue weighted by Gasteiger charge is 2.05. The van der Waals surface area contributed by atoms with Gasteiger partial charge in [0.25, 0.3) is 5.91 Å². The molecule has 0 spiro atoms. The van der Waals surface area contributed by atoms with Gasteiger partial charge in [-0.25, -0.2) is 4.98 Å². The third kappa shape index (κ3) is 2.38. The molecule has 5 nitrogen and oxygen atoms in total. The summed E-state index contributed by atoms with van der Waals surface area (Å²) >= 11 is 0. The fourth-order valence-corrected chi connectivity index (χ4v) is 1.34. The average Bonchev–Trinajstić information content (AvgIpc) is 2.78. The molecule has 1 heterocycles. The number of nitrogen functional groups attached to an aromatic ring is 1. The van der Waals surface area contributed by atoms with Crippen LogP contribution >= 0.6 is 0 Å². The van der Waals surface area contributed by atoms with Crippen LogP contribution in [0.25, 0.3) is 0 Å². The molecule has 82 valence electrons. The average molecular weight is 216 g/mol. The first-order chi connectivity index (χ1) is 7.75. The van der Waals surface area contributed by atoms with Gasteiger partial charge in [-0.15, -0.1) is 0 Å². The highest BCUT2D eigenvalue weighted by molar-refractivity contribution is 5.94. The predicted octanol–water partition coefficient (Wildman–Crippen LogP) is 0.922. The minimum atomic E-state index is -0.163. The monoisotopic (exact) mass is 216 g/mol. The van der Waals surface area contributed by atoms with Gasteiger partial charge in [-0.2, -0.15) is 0 Å². The molecule has 1 aromatic carbocycles. The minimum Gasteiger partial charge on any atom is -0.399 e. The number of nitrogens with zero attached hydrogens (tertiary/aromatic N) is 1. The SMILES string of the molecule is Nc1cccc(C(=O)NCc2ncc[nH]2)c1. The van der Waals surface area contributed by atoms with Crippen LogP contribution in [0.1, 0.15) is 16.2 Å². The Bertz CT molecular complexity index is 478. The van der Waals surface area contributed by atoms with Gasteiger partial charge in [0.15, 0.2) is 0 Å². The summed E-state index contributed by atoms with van der Waals surface area (Å²) in [6, 6.07) is 6.84. The number of carbonyl (C=O) groups excluding carboxylic acids is 1. The van der Waals surface area contributed by atoms with Gasteiger partial charge in [0.1, 0.15) is 5.82 Å². The van der Waals surface area contributed by atoms with Crippen LogP contribution in [0.15, 0.2) is 36.7 Å². The molecule has 5 heteroatoms. The van der Waals surface area contributed by atoms with Crippen LogP contribution in [0.5, 0.6) is 0 Å². The maximum Gasteiger partial charge on any atom is 0.251 e. The van der Waals surface area contributed by atoms with E-state index in [1.54, 1.807) is 36.7 Å². The molecule has 0 unspecified atom stereocenters. The van der Waals surface area contributed by atoms with Crippen LogP contribution in [0.3, 0.4) is 0 Å². The second-order valence-corrected chi connectivity index (χ2v) is 3.34. The molecule has 0 radical (unpaired) electrons. The Balaban J connectivity index is 1.98. The molecule has 0 fully saturated rings. The highest BCUT2D eigenvalue weighted by atomic mass is 16.1. The van der Waals surface area contributed by atoms with Gasteiger partial charge < -0.3 is 16.0 Å². The molecule has 1 aromatic heterocycles. The Morgan fingerprint density at radius 3 is 3.06 bits per heavy atom. The number of carbonyl (C=O) groups is 1. The van der Waals surface area contributed by atoms with Gasteiger partial charge >= 0.3 is 0 Å². The van der Waals surface area contributed by atoms with Gasteiger partial charge in [-0.05, 0) is 18.2 Å². The number of hydrogen-bond donors (Lipinski definition) is 3. The summed E-state index contributed by atoms with van der Waals surface area (Å²) in [6.45, 7) is 0.376. The number of amides is 1. The Kier molecular flexibility index (Phi) is 2.86. The maximum absolute atomic E-state index is 11.7. The lowest BCUT2D eigenvalue weighted by molar-refractivity contribution is 0.0950. The number of rotatable bonds is 3. The third-order valence-corrected chi connectivity index (χ3v) is 2.12.